The fraction of sp³-hybridized carbons (Fsp3) is 0.308. The van der Waals surface area contributed by atoms with Crippen LogP contribution in [0.15, 0.2) is 29.4 Å². The Kier molecular flexibility index (Phi) is 4.29. The number of hydrogen-bond donors (Lipinski definition) is 1. The van der Waals surface area contributed by atoms with Crippen LogP contribution in [0.25, 0.3) is 11.4 Å². The quantitative estimate of drug-likeness (QED) is 0.843. The molecule has 0 saturated heterocycles. The summed E-state index contributed by atoms with van der Waals surface area (Å²) in [4.78, 5) is 11.1. The van der Waals surface area contributed by atoms with Gasteiger partial charge in [-0.3, -0.25) is 4.79 Å². The van der Waals surface area contributed by atoms with Crippen LogP contribution in [0.4, 0.5) is 0 Å². The van der Waals surface area contributed by atoms with Crippen molar-refractivity contribution < 1.29 is 9.53 Å². The van der Waals surface area contributed by atoms with Crippen LogP contribution in [-0.2, 0) is 11.8 Å². The zero-order valence-corrected chi connectivity index (χ0v) is 12.3. The maximum Gasteiger partial charge on any atom is 0.230 e. The highest BCUT2D eigenvalue weighted by molar-refractivity contribution is 8.00. The van der Waals surface area contributed by atoms with E-state index in [-0.39, 0.29) is 11.2 Å². The van der Waals surface area contributed by atoms with E-state index in [2.05, 4.69) is 10.2 Å². The van der Waals surface area contributed by atoms with E-state index in [0.29, 0.717) is 11.0 Å². The predicted molar refractivity (Wildman–Crippen MR) is 77.5 cm³/mol. The van der Waals surface area contributed by atoms with Crippen molar-refractivity contribution >= 4 is 17.7 Å². The van der Waals surface area contributed by atoms with Crippen molar-refractivity contribution in [3.8, 4) is 17.1 Å². The Hall–Kier alpha value is -2.02. The van der Waals surface area contributed by atoms with Crippen LogP contribution in [0.2, 0.25) is 0 Å². The number of benzene rings is 1. The molecule has 0 fully saturated rings. The molecule has 0 aliphatic heterocycles. The number of thioether (sulfide) groups is 1. The van der Waals surface area contributed by atoms with Gasteiger partial charge in [-0.15, -0.1) is 10.2 Å². The summed E-state index contributed by atoms with van der Waals surface area (Å²) in [6.45, 7) is 1.74. The normalized spacial score (nSPS) is 12.2. The first kappa shape index (κ1) is 14.4. The highest BCUT2D eigenvalue weighted by atomic mass is 32.2. The van der Waals surface area contributed by atoms with Gasteiger partial charge in [-0.05, 0) is 19.1 Å². The topological polar surface area (TPSA) is 83.0 Å². The third-order valence-electron chi connectivity index (χ3n) is 2.87. The summed E-state index contributed by atoms with van der Waals surface area (Å²) in [7, 11) is 3.46. The molecule has 1 atom stereocenters. The molecule has 0 saturated carbocycles. The number of carbonyl (C=O) groups is 1. The molecule has 0 unspecified atom stereocenters. The lowest BCUT2D eigenvalue weighted by molar-refractivity contribution is -0.117. The molecular formula is C13H16N4O2S. The summed E-state index contributed by atoms with van der Waals surface area (Å²) < 4.78 is 7.14. The van der Waals surface area contributed by atoms with E-state index < -0.39 is 0 Å². The number of aromatic nitrogens is 3. The molecule has 1 amide bonds. The standard InChI is InChI=1S/C13H16N4O2S/c1-8(11(14)18)20-13-16-15-12(17(13)2)9-6-4-5-7-10(9)19-3/h4-8H,1-3H3,(H2,14,18)/t8-/m1/s1. The van der Waals surface area contributed by atoms with E-state index in [9.17, 15) is 4.79 Å². The molecule has 0 radical (unpaired) electrons. The second-order valence-corrected chi connectivity index (χ2v) is 5.54. The van der Waals surface area contributed by atoms with Gasteiger partial charge in [-0.2, -0.15) is 0 Å². The summed E-state index contributed by atoms with van der Waals surface area (Å²) in [6, 6.07) is 7.58. The van der Waals surface area contributed by atoms with Gasteiger partial charge in [-0.1, -0.05) is 23.9 Å². The largest absolute Gasteiger partial charge is 0.496 e. The molecule has 0 aliphatic rings. The van der Waals surface area contributed by atoms with E-state index in [1.807, 2.05) is 35.9 Å². The number of nitrogens with zero attached hydrogens (tertiary/aromatic N) is 3. The second kappa shape index (κ2) is 5.96. The van der Waals surface area contributed by atoms with Crippen molar-refractivity contribution in [1.29, 1.82) is 0 Å². The first-order chi connectivity index (χ1) is 9.54. The molecule has 7 heteroatoms. The van der Waals surface area contributed by atoms with Gasteiger partial charge in [0.15, 0.2) is 11.0 Å². The zero-order chi connectivity index (χ0) is 14.7. The Morgan fingerprint density at radius 2 is 2.10 bits per heavy atom. The molecule has 1 heterocycles. The molecule has 1 aromatic heterocycles. The van der Waals surface area contributed by atoms with Crippen LogP contribution in [0.3, 0.4) is 0 Å². The van der Waals surface area contributed by atoms with Gasteiger partial charge < -0.3 is 15.0 Å². The molecule has 0 spiro atoms. The van der Waals surface area contributed by atoms with Crippen molar-refractivity contribution in [2.24, 2.45) is 12.8 Å². The average Bonchev–Trinajstić information content (AvgIpc) is 2.80. The van der Waals surface area contributed by atoms with Gasteiger partial charge in [0.1, 0.15) is 5.75 Å². The number of amides is 1. The summed E-state index contributed by atoms with van der Waals surface area (Å²) in [5.74, 6) is 1.03. The number of carbonyl (C=O) groups excluding carboxylic acids is 1. The van der Waals surface area contributed by atoms with Crippen molar-refractivity contribution in [1.82, 2.24) is 14.8 Å². The number of ether oxygens (including phenoxy) is 1. The molecule has 1 aromatic carbocycles. The van der Waals surface area contributed by atoms with E-state index in [0.717, 1.165) is 11.3 Å². The van der Waals surface area contributed by atoms with Gasteiger partial charge in [0.05, 0.1) is 17.9 Å². The number of methoxy groups -OCH3 is 1. The Labute approximate surface area is 121 Å². The SMILES string of the molecule is COc1ccccc1-c1nnc(S[C@H](C)C(N)=O)n1C. The minimum atomic E-state index is -0.378. The van der Waals surface area contributed by atoms with E-state index >= 15 is 0 Å². The summed E-state index contributed by atoms with van der Waals surface area (Å²) >= 11 is 1.28. The number of rotatable bonds is 5. The number of nitrogens with two attached hydrogens (primary N) is 1. The van der Waals surface area contributed by atoms with Gasteiger partial charge in [0.2, 0.25) is 5.91 Å². The Balaban J connectivity index is 2.36. The third kappa shape index (κ3) is 2.77. The van der Waals surface area contributed by atoms with Crippen LogP contribution in [-0.4, -0.2) is 33.0 Å². The van der Waals surface area contributed by atoms with Crippen LogP contribution < -0.4 is 10.5 Å². The lowest BCUT2D eigenvalue weighted by Crippen LogP contribution is -2.22. The van der Waals surface area contributed by atoms with Crippen molar-refractivity contribution in [2.45, 2.75) is 17.3 Å². The van der Waals surface area contributed by atoms with Gasteiger partial charge in [0, 0.05) is 7.05 Å². The highest BCUT2D eigenvalue weighted by Crippen LogP contribution is 2.30. The van der Waals surface area contributed by atoms with Crippen LogP contribution in [0.5, 0.6) is 5.75 Å². The third-order valence-corrected chi connectivity index (χ3v) is 4.02. The lowest BCUT2D eigenvalue weighted by Gasteiger charge is -2.09. The van der Waals surface area contributed by atoms with Crippen molar-refractivity contribution in [3.63, 3.8) is 0 Å². The fourth-order valence-corrected chi connectivity index (χ4v) is 2.46. The molecule has 20 heavy (non-hydrogen) atoms. The lowest BCUT2D eigenvalue weighted by atomic mass is 10.2. The fourth-order valence-electron chi connectivity index (χ4n) is 1.70. The molecule has 0 bridgehead atoms. The van der Waals surface area contributed by atoms with Crippen molar-refractivity contribution in [3.05, 3.63) is 24.3 Å². The maximum absolute atomic E-state index is 11.1. The minimum absolute atomic E-state index is 0.358. The van der Waals surface area contributed by atoms with Gasteiger partial charge in [-0.25, -0.2) is 0 Å². The number of para-hydroxylation sites is 1. The second-order valence-electron chi connectivity index (χ2n) is 4.23. The molecular weight excluding hydrogens is 276 g/mol. The zero-order valence-electron chi connectivity index (χ0n) is 11.5. The molecule has 2 aromatic rings. The smallest absolute Gasteiger partial charge is 0.230 e. The summed E-state index contributed by atoms with van der Waals surface area (Å²) in [5.41, 5.74) is 6.11. The van der Waals surface area contributed by atoms with Crippen LogP contribution >= 0.6 is 11.8 Å². The Morgan fingerprint density at radius 3 is 2.75 bits per heavy atom. The minimum Gasteiger partial charge on any atom is -0.496 e. The Morgan fingerprint density at radius 1 is 1.40 bits per heavy atom. The van der Waals surface area contributed by atoms with E-state index in [1.54, 1.807) is 14.0 Å². The van der Waals surface area contributed by atoms with Crippen LogP contribution in [0.1, 0.15) is 6.92 Å². The van der Waals surface area contributed by atoms with E-state index in [4.69, 9.17) is 10.5 Å². The van der Waals surface area contributed by atoms with Gasteiger partial charge in [0.25, 0.3) is 0 Å². The Bertz CT molecular complexity index is 627. The molecule has 2 rings (SSSR count). The highest BCUT2D eigenvalue weighted by Gasteiger charge is 2.18. The maximum atomic E-state index is 11.1. The predicted octanol–water partition coefficient (Wildman–Crippen LogP) is 1.46. The number of hydrogen-bond acceptors (Lipinski definition) is 5. The summed E-state index contributed by atoms with van der Waals surface area (Å²) in [6.07, 6.45) is 0. The van der Waals surface area contributed by atoms with Crippen molar-refractivity contribution in [2.75, 3.05) is 7.11 Å². The average molecular weight is 292 g/mol. The molecule has 2 N–H and O–H groups in total. The molecule has 106 valence electrons. The van der Waals surface area contributed by atoms with Crippen LogP contribution in [0, 0.1) is 0 Å². The number of primary amides is 1. The first-order valence-electron chi connectivity index (χ1n) is 6.03. The monoisotopic (exact) mass is 292 g/mol. The van der Waals surface area contributed by atoms with E-state index in [1.165, 1.54) is 11.8 Å². The van der Waals surface area contributed by atoms with Gasteiger partial charge >= 0.3 is 0 Å². The molecule has 0 aliphatic carbocycles. The first-order valence-corrected chi connectivity index (χ1v) is 6.91. The molecule has 6 nitrogen and oxygen atoms in total. The summed E-state index contributed by atoms with van der Waals surface area (Å²) in [5, 5.41) is 8.55.